The van der Waals surface area contributed by atoms with Crippen LogP contribution in [0.5, 0.6) is 0 Å². The van der Waals surface area contributed by atoms with Crippen LogP contribution in [0.15, 0.2) is 0 Å². The maximum atomic E-state index is 4.59. The van der Waals surface area contributed by atoms with Gasteiger partial charge in [-0.25, -0.2) is 4.98 Å². The summed E-state index contributed by atoms with van der Waals surface area (Å²) in [6.45, 7) is 11.8. The lowest BCUT2D eigenvalue weighted by Crippen LogP contribution is -2.17. The first-order chi connectivity index (χ1) is 6.56. The maximum Gasteiger partial charge on any atom is 0.0956 e. The average molecular weight is 212 g/mol. The summed E-state index contributed by atoms with van der Waals surface area (Å²) in [5.74, 6) is 0.543. The first kappa shape index (κ1) is 11.7. The van der Waals surface area contributed by atoms with Crippen molar-refractivity contribution in [3.05, 3.63) is 15.6 Å². The SMILES string of the molecule is CCNC(C)c1sc(C(C)C)nc1C. The molecule has 0 spiro atoms. The third-order valence-corrected chi connectivity index (χ3v) is 3.89. The minimum atomic E-state index is 0.435. The molecule has 0 aromatic carbocycles. The Kier molecular flexibility index (Phi) is 4.08. The summed E-state index contributed by atoms with van der Waals surface area (Å²) in [7, 11) is 0. The molecule has 0 aliphatic heterocycles. The highest BCUT2D eigenvalue weighted by Crippen LogP contribution is 2.28. The summed E-state index contributed by atoms with van der Waals surface area (Å²) in [5, 5.41) is 4.68. The van der Waals surface area contributed by atoms with Crippen LogP contribution in [0.25, 0.3) is 0 Å². The molecule has 0 amide bonds. The van der Waals surface area contributed by atoms with Gasteiger partial charge in [-0.2, -0.15) is 0 Å². The first-order valence-electron chi connectivity index (χ1n) is 5.26. The predicted octanol–water partition coefficient (Wildman–Crippen LogP) is 3.25. The van der Waals surface area contributed by atoms with Gasteiger partial charge in [-0.1, -0.05) is 20.8 Å². The summed E-state index contributed by atoms with van der Waals surface area (Å²) in [6, 6.07) is 0.435. The van der Waals surface area contributed by atoms with Crippen LogP contribution in [0.4, 0.5) is 0 Å². The molecule has 1 N–H and O–H groups in total. The van der Waals surface area contributed by atoms with Crippen LogP contribution in [0.1, 0.15) is 55.2 Å². The molecular formula is C11H20N2S. The Morgan fingerprint density at radius 2 is 2.00 bits per heavy atom. The van der Waals surface area contributed by atoms with Crippen LogP contribution < -0.4 is 5.32 Å². The summed E-state index contributed by atoms with van der Waals surface area (Å²) in [6.07, 6.45) is 0. The number of nitrogens with zero attached hydrogens (tertiary/aromatic N) is 1. The monoisotopic (exact) mass is 212 g/mol. The smallest absolute Gasteiger partial charge is 0.0956 e. The van der Waals surface area contributed by atoms with Crippen LogP contribution in [-0.4, -0.2) is 11.5 Å². The van der Waals surface area contributed by atoms with E-state index in [1.54, 1.807) is 0 Å². The number of nitrogens with one attached hydrogen (secondary N) is 1. The van der Waals surface area contributed by atoms with Gasteiger partial charge in [0.1, 0.15) is 0 Å². The van der Waals surface area contributed by atoms with Gasteiger partial charge in [0.15, 0.2) is 0 Å². The van der Waals surface area contributed by atoms with Gasteiger partial charge in [0.2, 0.25) is 0 Å². The van der Waals surface area contributed by atoms with Crippen LogP contribution in [0, 0.1) is 6.92 Å². The molecule has 1 atom stereocenters. The van der Waals surface area contributed by atoms with E-state index >= 15 is 0 Å². The maximum absolute atomic E-state index is 4.59. The van der Waals surface area contributed by atoms with Crippen molar-refractivity contribution in [1.29, 1.82) is 0 Å². The Morgan fingerprint density at radius 3 is 2.43 bits per heavy atom. The lowest BCUT2D eigenvalue weighted by molar-refractivity contribution is 0.603. The van der Waals surface area contributed by atoms with E-state index in [9.17, 15) is 0 Å². The molecule has 1 rings (SSSR count). The molecule has 1 aromatic rings. The topological polar surface area (TPSA) is 24.9 Å². The van der Waals surface area contributed by atoms with Gasteiger partial charge >= 0.3 is 0 Å². The van der Waals surface area contributed by atoms with E-state index in [0.717, 1.165) is 6.54 Å². The van der Waals surface area contributed by atoms with E-state index in [1.165, 1.54) is 15.6 Å². The molecule has 0 aliphatic carbocycles. The minimum Gasteiger partial charge on any atom is -0.310 e. The van der Waals surface area contributed by atoms with Gasteiger partial charge < -0.3 is 5.32 Å². The molecule has 0 aliphatic rings. The Bertz CT molecular complexity index is 291. The number of thiazole rings is 1. The molecular weight excluding hydrogens is 192 g/mol. The lowest BCUT2D eigenvalue weighted by Gasteiger charge is -2.10. The fraction of sp³-hybridized carbons (Fsp3) is 0.727. The van der Waals surface area contributed by atoms with Crippen molar-refractivity contribution in [2.75, 3.05) is 6.54 Å². The summed E-state index contributed by atoms with van der Waals surface area (Å²) < 4.78 is 0. The van der Waals surface area contributed by atoms with Gasteiger partial charge in [-0.15, -0.1) is 11.3 Å². The molecule has 0 bridgehead atoms. The summed E-state index contributed by atoms with van der Waals surface area (Å²) >= 11 is 1.84. The van der Waals surface area contributed by atoms with Gasteiger partial charge in [0.25, 0.3) is 0 Å². The Morgan fingerprint density at radius 1 is 1.36 bits per heavy atom. The van der Waals surface area contributed by atoms with Gasteiger partial charge in [-0.3, -0.25) is 0 Å². The highest BCUT2D eigenvalue weighted by atomic mass is 32.1. The predicted molar refractivity (Wildman–Crippen MR) is 63.0 cm³/mol. The van der Waals surface area contributed by atoms with Crippen molar-refractivity contribution in [1.82, 2.24) is 10.3 Å². The van der Waals surface area contributed by atoms with Crippen LogP contribution in [0.2, 0.25) is 0 Å². The zero-order valence-electron chi connectivity index (χ0n) is 9.72. The van der Waals surface area contributed by atoms with E-state index in [2.05, 4.69) is 44.9 Å². The second-order valence-corrected chi connectivity index (χ2v) is 5.00. The van der Waals surface area contributed by atoms with E-state index < -0.39 is 0 Å². The molecule has 2 nitrogen and oxygen atoms in total. The fourth-order valence-electron chi connectivity index (χ4n) is 1.48. The molecule has 14 heavy (non-hydrogen) atoms. The Balaban J connectivity index is 2.86. The molecule has 1 unspecified atom stereocenters. The third-order valence-electron chi connectivity index (χ3n) is 2.25. The first-order valence-corrected chi connectivity index (χ1v) is 6.08. The van der Waals surface area contributed by atoms with Crippen molar-refractivity contribution in [2.24, 2.45) is 0 Å². The molecule has 1 heterocycles. The molecule has 1 aromatic heterocycles. The van der Waals surface area contributed by atoms with Crippen LogP contribution >= 0.6 is 11.3 Å². The number of hydrogen-bond donors (Lipinski definition) is 1. The standard InChI is InChI=1S/C11H20N2S/c1-6-12-8(4)10-9(5)13-11(14-10)7(2)3/h7-8,12H,6H2,1-5H3. The molecule has 3 heteroatoms. The second kappa shape index (κ2) is 4.89. The molecule has 0 saturated heterocycles. The zero-order chi connectivity index (χ0) is 10.7. The number of aromatic nitrogens is 1. The van der Waals surface area contributed by atoms with E-state index in [1.807, 2.05) is 11.3 Å². The highest BCUT2D eigenvalue weighted by Gasteiger charge is 2.14. The number of hydrogen-bond acceptors (Lipinski definition) is 3. The van der Waals surface area contributed by atoms with Gasteiger partial charge in [0.05, 0.1) is 10.7 Å². The van der Waals surface area contributed by atoms with Crippen molar-refractivity contribution in [2.45, 2.75) is 46.6 Å². The Labute approximate surface area is 90.8 Å². The summed E-state index contributed by atoms with van der Waals surface area (Å²) in [5.41, 5.74) is 1.19. The van der Waals surface area contributed by atoms with Crippen molar-refractivity contribution in [3.63, 3.8) is 0 Å². The molecule has 0 saturated carbocycles. The lowest BCUT2D eigenvalue weighted by atomic mass is 10.2. The third kappa shape index (κ3) is 2.55. The van der Waals surface area contributed by atoms with E-state index in [4.69, 9.17) is 0 Å². The van der Waals surface area contributed by atoms with Crippen molar-refractivity contribution >= 4 is 11.3 Å². The number of rotatable bonds is 4. The molecule has 0 radical (unpaired) electrons. The molecule has 80 valence electrons. The van der Waals surface area contributed by atoms with Gasteiger partial charge in [-0.05, 0) is 20.4 Å². The fourth-order valence-corrected chi connectivity index (χ4v) is 2.57. The largest absolute Gasteiger partial charge is 0.310 e. The second-order valence-electron chi connectivity index (χ2n) is 3.94. The number of aryl methyl sites for hydroxylation is 1. The minimum absolute atomic E-state index is 0.435. The van der Waals surface area contributed by atoms with E-state index in [-0.39, 0.29) is 0 Å². The molecule has 0 fully saturated rings. The summed E-state index contributed by atoms with van der Waals surface area (Å²) in [4.78, 5) is 5.98. The average Bonchev–Trinajstić information content (AvgIpc) is 2.48. The normalized spacial score (nSPS) is 13.6. The van der Waals surface area contributed by atoms with Crippen molar-refractivity contribution in [3.8, 4) is 0 Å². The van der Waals surface area contributed by atoms with Crippen LogP contribution in [0.3, 0.4) is 0 Å². The Hall–Kier alpha value is -0.410. The van der Waals surface area contributed by atoms with E-state index in [0.29, 0.717) is 12.0 Å². The quantitative estimate of drug-likeness (QED) is 0.828. The highest BCUT2D eigenvalue weighted by molar-refractivity contribution is 7.11. The zero-order valence-corrected chi connectivity index (χ0v) is 10.5. The van der Waals surface area contributed by atoms with Crippen LogP contribution in [-0.2, 0) is 0 Å². The van der Waals surface area contributed by atoms with Crippen molar-refractivity contribution < 1.29 is 0 Å². The van der Waals surface area contributed by atoms with Gasteiger partial charge in [0, 0.05) is 16.8 Å².